The molecule has 1 aromatic carbocycles. The van der Waals surface area contributed by atoms with Crippen LogP contribution in [-0.2, 0) is 0 Å². The summed E-state index contributed by atoms with van der Waals surface area (Å²) in [6.45, 7) is 0. The molecule has 82 valence electrons. The number of carbonyl (C=O) groups is 1. The predicted octanol–water partition coefficient (Wildman–Crippen LogP) is 2.44. The number of hydrogen-bond donors (Lipinski definition) is 2. The molecule has 1 amide bonds. The van der Waals surface area contributed by atoms with Gasteiger partial charge in [0.2, 0.25) is 0 Å². The molecule has 0 bridgehead atoms. The van der Waals surface area contributed by atoms with Crippen molar-refractivity contribution in [1.82, 2.24) is 4.98 Å². The molecule has 6 heteroatoms. The fourth-order valence-corrected chi connectivity index (χ4v) is 2.77. The highest BCUT2D eigenvalue weighted by Gasteiger charge is 2.11. The molecule has 4 nitrogen and oxygen atoms in total. The number of carbonyl (C=O) groups excluding carboxylic acids is 1. The molecule has 0 spiro atoms. The van der Waals surface area contributed by atoms with Crippen LogP contribution in [0.1, 0.15) is 10.4 Å². The van der Waals surface area contributed by atoms with Gasteiger partial charge in [0, 0.05) is 14.3 Å². The Morgan fingerprint density at radius 2 is 1.94 bits per heavy atom. The molecule has 0 unspecified atom stereocenters. The Morgan fingerprint density at radius 1 is 1.25 bits per heavy atom. The molecule has 16 heavy (non-hydrogen) atoms. The van der Waals surface area contributed by atoms with Gasteiger partial charge in [0.15, 0.2) is 0 Å². The minimum Gasteiger partial charge on any atom is -0.383 e. The number of benzene rings is 1. The Hall–Kier alpha value is -1.14. The highest BCUT2D eigenvalue weighted by molar-refractivity contribution is 9.11. The summed E-state index contributed by atoms with van der Waals surface area (Å²) >= 11 is 6.74. The Bertz CT molecular complexity index is 598. The van der Waals surface area contributed by atoms with Crippen molar-refractivity contribution < 1.29 is 4.79 Å². The van der Waals surface area contributed by atoms with Gasteiger partial charge in [0.25, 0.3) is 5.91 Å². The number of hydrogen-bond acceptors (Lipinski definition) is 3. The van der Waals surface area contributed by atoms with Crippen LogP contribution in [0.15, 0.2) is 27.1 Å². The average molecular weight is 345 g/mol. The van der Waals surface area contributed by atoms with Gasteiger partial charge in [-0.15, -0.1) is 0 Å². The molecule has 0 aliphatic rings. The lowest BCUT2D eigenvalue weighted by molar-refractivity contribution is 0.100. The number of aromatic nitrogens is 1. The van der Waals surface area contributed by atoms with Gasteiger partial charge in [-0.1, -0.05) is 15.9 Å². The molecule has 2 rings (SSSR count). The van der Waals surface area contributed by atoms with E-state index in [2.05, 4.69) is 36.8 Å². The monoisotopic (exact) mass is 343 g/mol. The van der Waals surface area contributed by atoms with E-state index in [-0.39, 0.29) is 11.4 Å². The molecule has 0 atom stereocenters. The normalized spacial score (nSPS) is 10.6. The summed E-state index contributed by atoms with van der Waals surface area (Å²) in [5.74, 6) is -0.439. The van der Waals surface area contributed by atoms with Gasteiger partial charge >= 0.3 is 0 Å². The summed E-state index contributed by atoms with van der Waals surface area (Å²) < 4.78 is 1.69. The summed E-state index contributed by atoms with van der Waals surface area (Å²) in [4.78, 5) is 15.3. The number of rotatable bonds is 1. The molecule has 0 fully saturated rings. The molecule has 1 heterocycles. The lowest BCUT2D eigenvalue weighted by Crippen LogP contribution is -2.14. The van der Waals surface area contributed by atoms with Gasteiger partial charge < -0.3 is 11.5 Å². The number of nitrogen functional groups attached to an aromatic ring is 1. The third-order valence-corrected chi connectivity index (χ3v) is 3.19. The standard InChI is InChI=1S/C10H7Br2N3O/c11-5-1-4-2-6(10(14)16)9(13)15-8(4)7(12)3-5/h1-3H,(H2,13,15)(H2,14,16). The van der Waals surface area contributed by atoms with Crippen molar-refractivity contribution in [2.75, 3.05) is 5.73 Å². The average Bonchev–Trinajstić information content (AvgIpc) is 2.18. The second-order valence-corrected chi connectivity index (χ2v) is 5.01. The molecule has 0 aliphatic heterocycles. The van der Waals surface area contributed by atoms with Crippen LogP contribution in [0, 0.1) is 0 Å². The van der Waals surface area contributed by atoms with Gasteiger partial charge in [-0.25, -0.2) is 4.98 Å². The number of halogens is 2. The van der Waals surface area contributed by atoms with Crippen molar-refractivity contribution in [3.63, 3.8) is 0 Å². The van der Waals surface area contributed by atoms with E-state index in [9.17, 15) is 4.79 Å². The van der Waals surface area contributed by atoms with E-state index >= 15 is 0 Å². The van der Waals surface area contributed by atoms with E-state index < -0.39 is 5.91 Å². The second kappa shape index (κ2) is 4.03. The second-order valence-electron chi connectivity index (χ2n) is 3.24. The highest BCUT2D eigenvalue weighted by atomic mass is 79.9. The minimum atomic E-state index is -0.581. The molecule has 0 saturated carbocycles. The van der Waals surface area contributed by atoms with Crippen LogP contribution < -0.4 is 11.5 Å². The largest absolute Gasteiger partial charge is 0.383 e. The number of nitrogens with two attached hydrogens (primary N) is 2. The van der Waals surface area contributed by atoms with E-state index in [1.54, 1.807) is 6.07 Å². The molecule has 2 aromatic rings. The number of fused-ring (bicyclic) bond motifs is 1. The smallest absolute Gasteiger partial charge is 0.252 e. The van der Waals surface area contributed by atoms with E-state index in [1.807, 2.05) is 12.1 Å². The van der Waals surface area contributed by atoms with Crippen molar-refractivity contribution in [3.8, 4) is 0 Å². The van der Waals surface area contributed by atoms with Gasteiger partial charge in [-0.05, 0) is 34.1 Å². The SMILES string of the molecule is NC(=O)c1cc2cc(Br)cc(Br)c2nc1N. The van der Waals surface area contributed by atoms with Crippen molar-refractivity contribution >= 4 is 54.5 Å². The summed E-state index contributed by atoms with van der Waals surface area (Å²) in [7, 11) is 0. The highest BCUT2D eigenvalue weighted by Crippen LogP contribution is 2.29. The molecular formula is C10H7Br2N3O. The quantitative estimate of drug-likeness (QED) is 0.833. The summed E-state index contributed by atoms with van der Waals surface area (Å²) in [5.41, 5.74) is 11.8. The molecule has 0 aliphatic carbocycles. The number of pyridine rings is 1. The van der Waals surface area contributed by atoms with E-state index in [0.717, 1.165) is 14.3 Å². The zero-order valence-electron chi connectivity index (χ0n) is 8.00. The predicted molar refractivity (Wildman–Crippen MR) is 70.1 cm³/mol. The Balaban J connectivity index is 2.84. The van der Waals surface area contributed by atoms with Gasteiger partial charge in [-0.2, -0.15) is 0 Å². The van der Waals surface area contributed by atoms with E-state index in [1.165, 1.54) is 0 Å². The van der Waals surface area contributed by atoms with E-state index in [0.29, 0.717) is 5.52 Å². The first-order valence-electron chi connectivity index (χ1n) is 4.34. The lowest BCUT2D eigenvalue weighted by Gasteiger charge is -2.06. The summed E-state index contributed by atoms with van der Waals surface area (Å²) in [6, 6.07) is 5.34. The van der Waals surface area contributed by atoms with Gasteiger partial charge in [0.1, 0.15) is 5.82 Å². The van der Waals surface area contributed by atoms with Crippen LogP contribution in [0.5, 0.6) is 0 Å². The van der Waals surface area contributed by atoms with Crippen molar-refractivity contribution in [2.24, 2.45) is 5.73 Å². The third-order valence-electron chi connectivity index (χ3n) is 2.13. The summed E-state index contributed by atoms with van der Waals surface area (Å²) in [6.07, 6.45) is 0. The Labute approximate surface area is 108 Å². The van der Waals surface area contributed by atoms with Crippen LogP contribution in [0.25, 0.3) is 10.9 Å². The lowest BCUT2D eigenvalue weighted by atomic mass is 10.1. The molecule has 4 N–H and O–H groups in total. The van der Waals surface area contributed by atoms with E-state index in [4.69, 9.17) is 11.5 Å². The minimum absolute atomic E-state index is 0.142. The number of primary amides is 1. The molecule has 0 saturated heterocycles. The Kier molecular flexibility index (Phi) is 2.86. The zero-order valence-corrected chi connectivity index (χ0v) is 11.2. The zero-order chi connectivity index (χ0) is 11.9. The number of anilines is 1. The maximum atomic E-state index is 11.1. The van der Waals surface area contributed by atoms with Crippen LogP contribution in [0.3, 0.4) is 0 Å². The fraction of sp³-hybridized carbons (Fsp3) is 0. The van der Waals surface area contributed by atoms with Crippen LogP contribution in [-0.4, -0.2) is 10.9 Å². The van der Waals surface area contributed by atoms with Crippen molar-refractivity contribution in [1.29, 1.82) is 0 Å². The van der Waals surface area contributed by atoms with Crippen LogP contribution in [0.2, 0.25) is 0 Å². The third kappa shape index (κ3) is 1.90. The molecule has 0 radical (unpaired) electrons. The first-order chi connectivity index (χ1) is 7.49. The topological polar surface area (TPSA) is 82.0 Å². The maximum absolute atomic E-state index is 11.1. The first kappa shape index (κ1) is 11.3. The van der Waals surface area contributed by atoms with Gasteiger partial charge in [0.05, 0.1) is 11.1 Å². The Morgan fingerprint density at radius 3 is 2.56 bits per heavy atom. The maximum Gasteiger partial charge on any atom is 0.252 e. The molecular weight excluding hydrogens is 338 g/mol. The molecule has 1 aromatic heterocycles. The van der Waals surface area contributed by atoms with Crippen LogP contribution in [0.4, 0.5) is 5.82 Å². The number of nitrogens with zero attached hydrogens (tertiary/aromatic N) is 1. The first-order valence-corrected chi connectivity index (χ1v) is 5.92. The number of amides is 1. The van der Waals surface area contributed by atoms with Crippen molar-refractivity contribution in [3.05, 3.63) is 32.7 Å². The fourth-order valence-electron chi connectivity index (χ4n) is 1.42. The summed E-state index contributed by atoms with van der Waals surface area (Å²) in [5, 5.41) is 0.796. The van der Waals surface area contributed by atoms with Gasteiger partial charge in [-0.3, -0.25) is 4.79 Å². The van der Waals surface area contributed by atoms with Crippen molar-refractivity contribution in [2.45, 2.75) is 0 Å². The van der Waals surface area contributed by atoms with Crippen LogP contribution >= 0.6 is 31.9 Å².